The molecule has 2 N–H and O–H groups in total. The van der Waals surface area contributed by atoms with Crippen LogP contribution in [0.2, 0.25) is 0 Å². The van der Waals surface area contributed by atoms with Crippen LogP contribution in [-0.2, 0) is 0 Å². The lowest BCUT2D eigenvalue weighted by atomic mass is 9.48. The minimum atomic E-state index is 0.472. The van der Waals surface area contributed by atoms with E-state index in [2.05, 4.69) is 48.7 Å². The number of aryl methyl sites for hydroxylation is 1. The van der Waals surface area contributed by atoms with Crippen LogP contribution in [-0.4, -0.2) is 11.2 Å². The fourth-order valence-corrected chi connectivity index (χ4v) is 6.22. The zero-order valence-corrected chi connectivity index (χ0v) is 15.1. The van der Waals surface area contributed by atoms with Gasteiger partial charge in [-0.1, -0.05) is 18.2 Å². The summed E-state index contributed by atoms with van der Waals surface area (Å²) in [5.74, 6) is 2.97. The van der Waals surface area contributed by atoms with Crippen molar-refractivity contribution in [1.82, 2.24) is 5.32 Å². The monoisotopic (exact) mass is 328 g/mol. The Morgan fingerprint density at radius 1 is 1.09 bits per heavy atom. The Morgan fingerprint density at radius 2 is 1.65 bits per heavy atom. The Bertz CT molecular complexity index is 574. The van der Waals surface area contributed by atoms with Gasteiger partial charge in [0.2, 0.25) is 0 Å². The predicted molar refractivity (Wildman–Crippen MR) is 101 cm³/mol. The standard InChI is InChI=1S/C20H28N2S/c1-13-5-3-4-6-18(13)22-19(23)21-14(2)20-10-15-7-16(11-20)9-17(8-15)12-20/h3-6,14-17H,7-12H2,1-2H3,(H2,21,22,23)/t14-,15?,16?,17?,20?/m0/s1. The van der Waals surface area contributed by atoms with Crippen molar-refractivity contribution in [3.05, 3.63) is 29.8 Å². The molecule has 0 unspecified atom stereocenters. The van der Waals surface area contributed by atoms with Crippen molar-refractivity contribution in [1.29, 1.82) is 0 Å². The van der Waals surface area contributed by atoms with Crippen LogP contribution in [0.15, 0.2) is 24.3 Å². The molecule has 1 aromatic rings. The third-order valence-corrected chi connectivity index (χ3v) is 6.96. The van der Waals surface area contributed by atoms with E-state index in [1.54, 1.807) is 0 Å². The number of anilines is 1. The van der Waals surface area contributed by atoms with E-state index in [0.717, 1.165) is 28.6 Å². The topological polar surface area (TPSA) is 24.1 Å². The van der Waals surface area contributed by atoms with Crippen LogP contribution in [0.5, 0.6) is 0 Å². The number of rotatable bonds is 3. The first kappa shape index (κ1) is 15.4. The Balaban J connectivity index is 1.43. The maximum Gasteiger partial charge on any atom is 0.171 e. The van der Waals surface area contributed by atoms with Crippen molar-refractivity contribution >= 4 is 23.0 Å². The number of nitrogens with one attached hydrogen (secondary N) is 2. The zero-order chi connectivity index (χ0) is 16.0. The predicted octanol–water partition coefficient (Wildman–Crippen LogP) is 4.89. The summed E-state index contributed by atoms with van der Waals surface area (Å²) in [4.78, 5) is 0. The summed E-state index contributed by atoms with van der Waals surface area (Å²) in [6, 6.07) is 8.81. The van der Waals surface area contributed by atoms with E-state index in [1.165, 1.54) is 44.1 Å². The third kappa shape index (κ3) is 2.88. The van der Waals surface area contributed by atoms with Crippen LogP contribution in [0.3, 0.4) is 0 Å². The van der Waals surface area contributed by atoms with Gasteiger partial charge in [-0.15, -0.1) is 0 Å². The summed E-state index contributed by atoms with van der Waals surface area (Å²) in [6.45, 7) is 4.48. The van der Waals surface area contributed by atoms with Gasteiger partial charge in [0.05, 0.1) is 0 Å². The Labute approximate surface area is 145 Å². The lowest BCUT2D eigenvalue weighted by Crippen LogP contribution is -2.56. The minimum Gasteiger partial charge on any atom is -0.359 e. The van der Waals surface area contributed by atoms with E-state index in [1.807, 2.05) is 0 Å². The maximum atomic E-state index is 5.60. The molecule has 0 aromatic heterocycles. The van der Waals surface area contributed by atoms with Gasteiger partial charge in [-0.2, -0.15) is 0 Å². The molecule has 4 aliphatic carbocycles. The van der Waals surface area contributed by atoms with Crippen LogP contribution in [0.1, 0.15) is 51.0 Å². The van der Waals surface area contributed by atoms with Gasteiger partial charge in [0.15, 0.2) is 5.11 Å². The van der Waals surface area contributed by atoms with Crippen molar-refractivity contribution in [2.24, 2.45) is 23.2 Å². The number of para-hydroxylation sites is 1. The first-order valence-corrected chi connectivity index (χ1v) is 9.58. The van der Waals surface area contributed by atoms with E-state index in [0.29, 0.717) is 11.5 Å². The summed E-state index contributed by atoms with van der Waals surface area (Å²) < 4.78 is 0. The number of thiocarbonyl (C=S) groups is 1. The second kappa shape index (κ2) is 5.77. The van der Waals surface area contributed by atoms with E-state index < -0.39 is 0 Å². The number of benzene rings is 1. The van der Waals surface area contributed by atoms with Gasteiger partial charge in [0, 0.05) is 11.7 Å². The molecule has 0 aliphatic heterocycles. The molecule has 23 heavy (non-hydrogen) atoms. The molecule has 4 saturated carbocycles. The van der Waals surface area contributed by atoms with E-state index in [9.17, 15) is 0 Å². The first-order chi connectivity index (χ1) is 11.0. The molecule has 0 heterocycles. The molecule has 124 valence electrons. The van der Waals surface area contributed by atoms with Crippen molar-refractivity contribution in [2.75, 3.05) is 5.32 Å². The average Bonchev–Trinajstić information content (AvgIpc) is 2.48. The molecule has 3 heteroatoms. The molecular weight excluding hydrogens is 300 g/mol. The third-order valence-electron chi connectivity index (χ3n) is 6.75. The van der Waals surface area contributed by atoms with Crippen molar-refractivity contribution in [3.63, 3.8) is 0 Å². The lowest BCUT2D eigenvalue weighted by Gasteiger charge is -2.59. The molecule has 0 spiro atoms. The Hall–Kier alpha value is -1.09. The molecule has 5 rings (SSSR count). The summed E-state index contributed by atoms with van der Waals surface area (Å²) in [6.07, 6.45) is 8.74. The van der Waals surface area contributed by atoms with Crippen molar-refractivity contribution in [3.8, 4) is 0 Å². The molecular formula is C20H28N2S. The highest BCUT2D eigenvalue weighted by molar-refractivity contribution is 7.80. The van der Waals surface area contributed by atoms with Gasteiger partial charge in [0.25, 0.3) is 0 Å². The number of hydrogen-bond donors (Lipinski definition) is 2. The van der Waals surface area contributed by atoms with Crippen molar-refractivity contribution in [2.45, 2.75) is 58.4 Å². The second-order valence-corrected chi connectivity index (χ2v) is 8.82. The minimum absolute atomic E-state index is 0.472. The van der Waals surface area contributed by atoms with Gasteiger partial charge >= 0.3 is 0 Å². The molecule has 4 fully saturated rings. The smallest absolute Gasteiger partial charge is 0.171 e. The van der Waals surface area contributed by atoms with Gasteiger partial charge in [0.1, 0.15) is 0 Å². The van der Waals surface area contributed by atoms with Crippen LogP contribution < -0.4 is 10.6 Å². The number of hydrogen-bond acceptors (Lipinski definition) is 1. The Kier molecular flexibility index (Phi) is 3.87. The SMILES string of the molecule is Cc1ccccc1NC(=S)N[C@@H](C)C12CC3CC(CC(C3)C1)C2. The molecule has 1 aromatic carbocycles. The van der Waals surface area contributed by atoms with E-state index in [4.69, 9.17) is 12.2 Å². The molecule has 0 saturated heterocycles. The fourth-order valence-electron chi connectivity index (χ4n) is 5.93. The summed E-state index contributed by atoms with van der Waals surface area (Å²) >= 11 is 5.60. The summed E-state index contributed by atoms with van der Waals surface area (Å²) in [5, 5.41) is 7.81. The second-order valence-electron chi connectivity index (χ2n) is 8.41. The summed E-state index contributed by atoms with van der Waals surface area (Å²) in [7, 11) is 0. The quantitative estimate of drug-likeness (QED) is 0.773. The van der Waals surface area contributed by atoms with E-state index >= 15 is 0 Å². The van der Waals surface area contributed by atoms with Crippen LogP contribution in [0.25, 0.3) is 0 Å². The Morgan fingerprint density at radius 3 is 2.22 bits per heavy atom. The van der Waals surface area contributed by atoms with Gasteiger partial charge < -0.3 is 10.6 Å². The normalized spacial score (nSPS) is 35.8. The molecule has 2 nitrogen and oxygen atoms in total. The van der Waals surface area contributed by atoms with Crippen LogP contribution >= 0.6 is 12.2 Å². The molecule has 4 bridgehead atoms. The van der Waals surface area contributed by atoms with E-state index in [-0.39, 0.29) is 0 Å². The van der Waals surface area contributed by atoms with Crippen LogP contribution in [0, 0.1) is 30.1 Å². The zero-order valence-electron chi connectivity index (χ0n) is 14.3. The van der Waals surface area contributed by atoms with Gasteiger partial charge in [-0.05, 0) is 99.4 Å². The maximum absolute atomic E-state index is 5.60. The summed E-state index contributed by atoms with van der Waals surface area (Å²) in [5.41, 5.74) is 2.84. The average molecular weight is 329 g/mol. The van der Waals surface area contributed by atoms with Crippen LogP contribution in [0.4, 0.5) is 5.69 Å². The fraction of sp³-hybridized carbons (Fsp3) is 0.650. The highest BCUT2D eigenvalue weighted by Gasteiger charge is 2.53. The van der Waals surface area contributed by atoms with Gasteiger partial charge in [-0.25, -0.2) is 0 Å². The largest absolute Gasteiger partial charge is 0.359 e. The highest BCUT2D eigenvalue weighted by atomic mass is 32.1. The first-order valence-electron chi connectivity index (χ1n) is 9.17. The molecule has 4 aliphatic rings. The molecule has 0 amide bonds. The molecule has 1 atom stereocenters. The molecule has 0 radical (unpaired) electrons. The lowest BCUT2D eigenvalue weighted by molar-refractivity contribution is -0.0671. The van der Waals surface area contributed by atoms with Crippen molar-refractivity contribution < 1.29 is 0 Å². The highest BCUT2D eigenvalue weighted by Crippen LogP contribution is 2.61. The van der Waals surface area contributed by atoms with Gasteiger partial charge in [-0.3, -0.25) is 0 Å².